The van der Waals surface area contributed by atoms with Gasteiger partial charge in [0, 0.05) is 6.07 Å². The van der Waals surface area contributed by atoms with Gasteiger partial charge in [0.15, 0.2) is 0 Å². The van der Waals surface area contributed by atoms with Crippen molar-refractivity contribution in [3.63, 3.8) is 0 Å². The Morgan fingerprint density at radius 2 is 2.08 bits per heavy atom. The Morgan fingerprint density at radius 1 is 1.50 bits per heavy atom. The monoisotopic (exact) mass is 189 g/mol. The molecule has 0 saturated carbocycles. The summed E-state index contributed by atoms with van der Waals surface area (Å²) in [7, 11) is 0. The molecule has 0 fully saturated rings. The van der Waals surface area contributed by atoms with Crippen molar-refractivity contribution in [2.75, 3.05) is 0 Å². The van der Waals surface area contributed by atoms with E-state index in [2.05, 4.69) is 0 Å². The highest BCUT2D eigenvalue weighted by atomic mass is 35.5. The van der Waals surface area contributed by atoms with Crippen LogP contribution in [0.4, 0.5) is 10.1 Å². The first kappa shape index (κ1) is 8.93. The van der Waals surface area contributed by atoms with Crippen LogP contribution in [0.15, 0.2) is 24.3 Å². The Kier molecular flexibility index (Phi) is 2.60. The van der Waals surface area contributed by atoms with Crippen LogP contribution < -0.4 is 0 Å². The average Bonchev–Trinajstić information content (AvgIpc) is 2.04. The van der Waals surface area contributed by atoms with Gasteiger partial charge in [-0.25, -0.2) is 4.39 Å². The quantitative estimate of drug-likeness (QED) is 0.408. The molecule has 0 amide bonds. The van der Waals surface area contributed by atoms with Crippen molar-refractivity contribution in [1.29, 1.82) is 0 Å². The lowest BCUT2D eigenvalue weighted by Crippen LogP contribution is -1.94. The van der Waals surface area contributed by atoms with Gasteiger partial charge in [0.1, 0.15) is 0 Å². The maximum Gasteiger partial charge on any atom is 0.276 e. The molecule has 0 aromatic heterocycles. The van der Waals surface area contributed by atoms with Crippen LogP contribution in [0, 0.1) is 10.1 Å². The molecule has 12 heavy (non-hydrogen) atoms. The Labute approximate surface area is 72.9 Å². The summed E-state index contributed by atoms with van der Waals surface area (Å²) >= 11 is 5.08. The topological polar surface area (TPSA) is 43.1 Å². The third-order valence-electron chi connectivity index (χ3n) is 1.37. The van der Waals surface area contributed by atoms with Gasteiger partial charge in [0.05, 0.1) is 10.5 Å². The fourth-order valence-electron chi connectivity index (χ4n) is 0.838. The highest BCUT2D eigenvalue weighted by molar-refractivity contribution is 6.20. The maximum absolute atomic E-state index is 12.5. The zero-order valence-corrected chi connectivity index (χ0v) is 6.66. The number of hydrogen-bond acceptors (Lipinski definition) is 2. The molecular formula is C7H5ClFNO2. The molecule has 0 aliphatic carbocycles. The zero-order valence-electron chi connectivity index (χ0n) is 5.91. The van der Waals surface area contributed by atoms with Gasteiger partial charge in [0.2, 0.25) is 5.63 Å². The second kappa shape index (κ2) is 3.49. The summed E-state index contributed by atoms with van der Waals surface area (Å²) in [4.78, 5) is 9.64. The minimum Gasteiger partial charge on any atom is -0.258 e. The third kappa shape index (κ3) is 1.71. The Hall–Kier alpha value is -1.16. The van der Waals surface area contributed by atoms with Crippen LogP contribution in [-0.4, -0.2) is 4.92 Å². The van der Waals surface area contributed by atoms with Crippen molar-refractivity contribution in [2.45, 2.75) is 5.63 Å². The second-order valence-electron chi connectivity index (χ2n) is 2.12. The van der Waals surface area contributed by atoms with Gasteiger partial charge in [-0.05, 0) is 6.07 Å². The molecule has 0 heterocycles. The summed E-state index contributed by atoms with van der Waals surface area (Å²) in [6.45, 7) is 0. The van der Waals surface area contributed by atoms with E-state index in [-0.39, 0.29) is 11.3 Å². The van der Waals surface area contributed by atoms with Gasteiger partial charge in [-0.2, -0.15) is 0 Å². The number of rotatable bonds is 2. The van der Waals surface area contributed by atoms with Gasteiger partial charge in [0.25, 0.3) is 5.69 Å². The van der Waals surface area contributed by atoms with Crippen LogP contribution in [0.2, 0.25) is 0 Å². The average molecular weight is 190 g/mol. The van der Waals surface area contributed by atoms with Gasteiger partial charge in [-0.3, -0.25) is 10.1 Å². The van der Waals surface area contributed by atoms with Crippen molar-refractivity contribution in [1.82, 2.24) is 0 Å². The number of halogens is 2. The molecule has 0 N–H and O–H groups in total. The molecule has 0 spiro atoms. The molecule has 1 rings (SSSR count). The van der Waals surface area contributed by atoms with Gasteiger partial charge < -0.3 is 0 Å². The van der Waals surface area contributed by atoms with Gasteiger partial charge in [-0.15, -0.1) is 0 Å². The smallest absolute Gasteiger partial charge is 0.258 e. The van der Waals surface area contributed by atoms with E-state index in [1.54, 1.807) is 0 Å². The highest BCUT2D eigenvalue weighted by Gasteiger charge is 2.18. The number of nitro groups is 1. The van der Waals surface area contributed by atoms with E-state index >= 15 is 0 Å². The lowest BCUT2D eigenvalue weighted by Gasteiger charge is -2.00. The highest BCUT2D eigenvalue weighted by Crippen LogP contribution is 2.29. The molecule has 1 aromatic carbocycles. The number of para-hydroxylation sites is 1. The summed E-state index contributed by atoms with van der Waals surface area (Å²) in [5.74, 6) is 0. The van der Waals surface area contributed by atoms with E-state index in [4.69, 9.17) is 11.6 Å². The first-order valence-corrected chi connectivity index (χ1v) is 3.58. The maximum atomic E-state index is 12.5. The number of hydrogen-bond donors (Lipinski definition) is 0. The summed E-state index contributed by atoms with van der Waals surface area (Å²) < 4.78 is 12.5. The standard InChI is InChI=1S/C7H5ClFNO2/c8-7(9)5-3-1-2-4-6(5)10(11)12/h1-4,7H. The van der Waals surface area contributed by atoms with Crippen molar-refractivity contribution in [3.05, 3.63) is 39.9 Å². The van der Waals surface area contributed by atoms with Gasteiger partial charge >= 0.3 is 0 Å². The predicted molar refractivity (Wildman–Crippen MR) is 42.8 cm³/mol. The Morgan fingerprint density at radius 3 is 2.50 bits per heavy atom. The minimum atomic E-state index is -1.83. The molecule has 3 nitrogen and oxygen atoms in total. The van der Waals surface area contributed by atoms with Crippen LogP contribution in [0.1, 0.15) is 11.2 Å². The van der Waals surface area contributed by atoms with E-state index in [1.807, 2.05) is 0 Å². The Bertz CT molecular complexity index is 303. The molecule has 0 aliphatic heterocycles. The SMILES string of the molecule is O=[N+]([O-])c1ccccc1C(F)Cl. The molecule has 1 aromatic rings. The van der Waals surface area contributed by atoms with Crippen LogP contribution in [0.5, 0.6) is 0 Å². The van der Waals surface area contributed by atoms with E-state index in [1.165, 1.54) is 24.3 Å². The van der Waals surface area contributed by atoms with E-state index in [0.29, 0.717) is 0 Å². The molecule has 0 radical (unpaired) electrons. The molecule has 0 aliphatic rings. The van der Waals surface area contributed by atoms with Crippen LogP contribution in [0.3, 0.4) is 0 Å². The van der Waals surface area contributed by atoms with E-state index in [0.717, 1.165) is 0 Å². The number of nitro benzene ring substituents is 1. The lowest BCUT2D eigenvalue weighted by molar-refractivity contribution is -0.385. The van der Waals surface area contributed by atoms with E-state index < -0.39 is 10.6 Å². The molecular weight excluding hydrogens is 185 g/mol. The first-order valence-electron chi connectivity index (χ1n) is 3.14. The predicted octanol–water partition coefficient (Wildman–Crippen LogP) is 2.80. The fraction of sp³-hybridized carbons (Fsp3) is 0.143. The second-order valence-corrected chi connectivity index (χ2v) is 2.50. The van der Waals surface area contributed by atoms with Crippen LogP contribution in [0.25, 0.3) is 0 Å². The van der Waals surface area contributed by atoms with Crippen molar-refractivity contribution in [3.8, 4) is 0 Å². The Balaban J connectivity index is 3.17. The minimum absolute atomic E-state index is 0.107. The van der Waals surface area contributed by atoms with Crippen molar-refractivity contribution in [2.24, 2.45) is 0 Å². The molecule has 1 unspecified atom stereocenters. The lowest BCUT2D eigenvalue weighted by atomic mass is 10.2. The zero-order chi connectivity index (χ0) is 9.14. The van der Waals surface area contributed by atoms with Gasteiger partial charge in [-0.1, -0.05) is 23.7 Å². The first-order chi connectivity index (χ1) is 5.63. The molecule has 0 saturated heterocycles. The fourth-order valence-corrected chi connectivity index (χ4v) is 1.02. The summed E-state index contributed by atoms with van der Waals surface area (Å²) in [5, 5.41) is 10.3. The number of nitrogens with zero attached hydrogens (tertiary/aromatic N) is 1. The van der Waals surface area contributed by atoms with Crippen molar-refractivity contribution >= 4 is 17.3 Å². The largest absolute Gasteiger partial charge is 0.276 e. The summed E-state index contributed by atoms with van der Waals surface area (Å²) in [6, 6.07) is 5.46. The third-order valence-corrected chi connectivity index (χ3v) is 1.60. The van der Waals surface area contributed by atoms with E-state index in [9.17, 15) is 14.5 Å². The van der Waals surface area contributed by atoms with Crippen LogP contribution >= 0.6 is 11.6 Å². The number of benzene rings is 1. The normalized spacial score (nSPS) is 12.5. The molecule has 1 atom stereocenters. The molecule has 0 bridgehead atoms. The summed E-state index contributed by atoms with van der Waals surface area (Å²) in [5.41, 5.74) is -2.23. The number of alkyl halides is 2. The summed E-state index contributed by atoms with van der Waals surface area (Å²) in [6.07, 6.45) is 0. The van der Waals surface area contributed by atoms with Crippen LogP contribution in [-0.2, 0) is 0 Å². The molecule has 64 valence electrons. The molecule has 5 heteroatoms. The van der Waals surface area contributed by atoms with Crippen molar-refractivity contribution < 1.29 is 9.31 Å².